The van der Waals surface area contributed by atoms with E-state index in [0.29, 0.717) is 18.0 Å². The van der Waals surface area contributed by atoms with Crippen molar-refractivity contribution < 1.29 is 0 Å². The Kier molecular flexibility index (Phi) is 3.77. The number of nitrogens with zero attached hydrogens (tertiary/aromatic N) is 5. The number of anilines is 1. The van der Waals surface area contributed by atoms with Gasteiger partial charge in [-0.05, 0) is 43.4 Å². The van der Waals surface area contributed by atoms with Gasteiger partial charge in [-0.2, -0.15) is 10.4 Å². The number of aryl methyl sites for hydroxylation is 2. The molecule has 0 bridgehead atoms. The highest BCUT2D eigenvalue weighted by Crippen LogP contribution is 2.24. The summed E-state index contributed by atoms with van der Waals surface area (Å²) in [5.41, 5.74) is 2.83. The van der Waals surface area contributed by atoms with E-state index in [0.717, 1.165) is 49.4 Å². The standard InChI is InChI=1S/C18H19N5O/c19-8-13-5-6-17(20-9-13)22-10-14(11-22)12-23-18(24)7-15-3-1-2-4-16(15)21-23/h5-7,9,14H,1-4,10-12H2. The molecule has 122 valence electrons. The van der Waals surface area contributed by atoms with Gasteiger partial charge in [-0.15, -0.1) is 0 Å². The van der Waals surface area contributed by atoms with Crippen LogP contribution in [0, 0.1) is 17.2 Å². The second-order valence-electron chi connectivity index (χ2n) is 6.63. The maximum Gasteiger partial charge on any atom is 0.267 e. The second-order valence-corrected chi connectivity index (χ2v) is 6.63. The first-order valence-corrected chi connectivity index (χ1v) is 8.44. The smallest absolute Gasteiger partial charge is 0.267 e. The van der Waals surface area contributed by atoms with Crippen molar-refractivity contribution in [1.29, 1.82) is 5.26 Å². The van der Waals surface area contributed by atoms with Crippen molar-refractivity contribution in [2.24, 2.45) is 5.92 Å². The molecule has 0 amide bonds. The number of nitriles is 1. The fourth-order valence-corrected chi connectivity index (χ4v) is 3.49. The van der Waals surface area contributed by atoms with Crippen LogP contribution in [-0.4, -0.2) is 27.9 Å². The van der Waals surface area contributed by atoms with Crippen molar-refractivity contribution in [3.8, 4) is 6.07 Å². The summed E-state index contributed by atoms with van der Waals surface area (Å²) in [6.45, 7) is 2.40. The molecule has 0 radical (unpaired) electrons. The third-order valence-corrected chi connectivity index (χ3v) is 4.86. The third-order valence-electron chi connectivity index (χ3n) is 4.86. The zero-order valence-electron chi connectivity index (χ0n) is 13.5. The van der Waals surface area contributed by atoms with E-state index < -0.39 is 0 Å². The summed E-state index contributed by atoms with van der Waals surface area (Å²) < 4.78 is 1.64. The van der Waals surface area contributed by atoms with Crippen molar-refractivity contribution >= 4 is 5.82 Å². The molecule has 24 heavy (non-hydrogen) atoms. The first kappa shape index (κ1) is 14.9. The maximum absolute atomic E-state index is 12.2. The van der Waals surface area contributed by atoms with Crippen LogP contribution in [0.5, 0.6) is 0 Å². The highest BCUT2D eigenvalue weighted by Gasteiger charge is 2.29. The Balaban J connectivity index is 1.41. The van der Waals surface area contributed by atoms with E-state index in [9.17, 15) is 4.79 Å². The van der Waals surface area contributed by atoms with E-state index in [1.807, 2.05) is 6.07 Å². The van der Waals surface area contributed by atoms with Crippen LogP contribution in [0.3, 0.4) is 0 Å². The Morgan fingerprint density at radius 2 is 2.08 bits per heavy atom. The molecular weight excluding hydrogens is 302 g/mol. The van der Waals surface area contributed by atoms with Crippen LogP contribution in [0.15, 0.2) is 29.2 Å². The molecule has 6 heteroatoms. The van der Waals surface area contributed by atoms with Crippen molar-refractivity contribution in [2.75, 3.05) is 18.0 Å². The number of fused-ring (bicyclic) bond motifs is 1. The minimum Gasteiger partial charge on any atom is -0.356 e. The molecule has 0 unspecified atom stereocenters. The average molecular weight is 321 g/mol. The highest BCUT2D eigenvalue weighted by molar-refractivity contribution is 5.44. The summed E-state index contributed by atoms with van der Waals surface area (Å²) in [4.78, 5) is 18.7. The lowest BCUT2D eigenvalue weighted by Crippen LogP contribution is -2.50. The molecule has 0 N–H and O–H groups in total. The van der Waals surface area contributed by atoms with Crippen LogP contribution in [0.2, 0.25) is 0 Å². The van der Waals surface area contributed by atoms with Crippen molar-refractivity contribution in [2.45, 2.75) is 32.2 Å². The summed E-state index contributed by atoms with van der Waals surface area (Å²) in [6.07, 6.45) is 5.90. The highest BCUT2D eigenvalue weighted by atomic mass is 16.1. The summed E-state index contributed by atoms with van der Waals surface area (Å²) in [7, 11) is 0. The Morgan fingerprint density at radius 3 is 2.83 bits per heavy atom. The molecule has 2 aromatic rings. The molecular formula is C18H19N5O. The summed E-state index contributed by atoms with van der Waals surface area (Å²) in [6, 6.07) is 7.51. The van der Waals surface area contributed by atoms with Gasteiger partial charge in [-0.25, -0.2) is 9.67 Å². The molecule has 4 rings (SSSR count). The monoisotopic (exact) mass is 321 g/mol. The largest absolute Gasteiger partial charge is 0.356 e. The second kappa shape index (κ2) is 6.08. The molecule has 1 aliphatic heterocycles. The molecule has 2 aliphatic rings. The van der Waals surface area contributed by atoms with E-state index in [4.69, 9.17) is 5.26 Å². The topological polar surface area (TPSA) is 74.8 Å². The fraction of sp³-hybridized carbons (Fsp3) is 0.444. The van der Waals surface area contributed by atoms with Gasteiger partial charge in [-0.1, -0.05) is 0 Å². The van der Waals surface area contributed by atoms with Gasteiger partial charge in [0.05, 0.1) is 17.8 Å². The predicted octanol–water partition coefficient (Wildman–Crippen LogP) is 1.53. The maximum atomic E-state index is 12.2. The lowest BCUT2D eigenvalue weighted by atomic mass is 9.96. The Morgan fingerprint density at radius 1 is 1.25 bits per heavy atom. The number of pyridine rings is 1. The SMILES string of the molecule is N#Cc1ccc(N2CC(Cn3nc4c(cc3=O)CCCC4)C2)nc1. The summed E-state index contributed by atoms with van der Waals surface area (Å²) in [5.74, 6) is 1.30. The Hall–Kier alpha value is -2.68. The van der Waals surface area contributed by atoms with Gasteiger partial charge in [0.25, 0.3) is 5.56 Å². The van der Waals surface area contributed by atoms with Crippen LogP contribution in [0.1, 0.15) is 29.7 Å². The summed E-state index contributed by atoms with van der Waals surface area (Å²) >= 11 is 0. The van der Waals surface area contributed by atoms with Crippen molar-refractivity contribution in [3.63, 3.8) is 0 Å². The Bertz CT molecular complexity index is 843. The number of aromatic nitrogens is 3. The molecule has 1 saturated heterocycles. The van der Waals surface area contributed by atoms with Crippen LogP contribution in [0.25, 0.3) is 0 Å². The van der Waals surface area contributed by atoms with Gasteiger partial charge in [0.2, 0.25) is 0 Å². The van der Waals surface area contributed by atoms with Crippen molar-refractivity contribution in [1.82, 2.24) is 14.8 Å². The van der Waals surface area contributed by atoms with E-state index in [1.165, 1.54) is 6.42 Å². The minimum absolute atomic E-state index is 0.0191. The normalized spacial score (nSPS) is 17.0. The molecule has 0 aromatic carbocycles. The zero-order valence-corrected chi connectivity index (χ0v) is 13.5. The van der Waals surface area contributed by atoms with Gasteiger partial charge in [-0.3, -0.25) is 4.79 Å². The summed E-state index contributed by atoms with van der Waals surface area (Å²) in [5, 5.41) is 13.4. The molecule has 1 fully saturated rings. The first-order valence-electron chi connectivity index (χ1n) is 8.44. The lowest BCUT2D eigenvalue weighted by molar-refractivity contribution is 0.330. The van der Waals surface area contributed by atoms with Gasteiger partial charge in [0.15, 0.2) is 0 Å². The van der Waals surface area contributed by atoms with Crippen LogP contribution < -0.4 is 10.5 Å². The zero-order chi connectivity index (χ0) is 16.5. The van der Waals surface area contributed by atoms with Gasteiger partial charge in [0.1, 0.15) is 11.9 Å². The van der Waals surface area contributed by atoms with Crippen molar-refractivity contribution in [3.05, 3.63) is 51.6 Å². The fourth-order valence-electron chi connectivity index (χ4n) is 3.49. The molecule has 0 atom stereocenters. The first-order chi connectivity index (χ1) is 11.7. The number of hydrogen-bond acceptors (Lipinski definition) is 5. The van der Waals surface area contributed by atoms with Crippen LogP contribution >= 0.6 is 0 Å². The van der Waals surface area contributed by atoms with Crippen LogP contribution in [0.4, 0.5) is 5.82 Å². The Labute approximate surface area is 140 Å². The van der Waals surface area contributed by atoms with Gasteiger partial charge >= 0.3 is 0 Å². The molecule has 2 aromatic heterocycles. The molecule has 0 saturated carbocycles. The quantitative estimate of drug-likeness (QED) is 0.857. The average Bonchev–Trinajstić information content (AvgIpc) is 2.58. The molecule has 3 heterocycles. The minimum atomic E-state index is 0.0191. The van der Waals surface area contributed by atoms with E-state index in [2.05, 4.69) is 21.1 Å². The number of hydrogen-bond donors (Lipinski definition) is 0. The van der Waals surface area contributed by atoms with E-state index in [-0.39, 0.29) is 5.56 Å². The molecule has 0 spiro atoms. The third kappa shape index (κ3) is 2.78. The van der Waals surface area contributed by atoms with Gasteiger partial charge < -0.3 is 4.90 Å². The van der Waals surface area contributed by atoms with E-state index in [1.54, 1.807) is 23.0 Å². The molecule has 1 aliphatic carbocycles. The van der Waals surface area contributed by atoms with Gasteiger partial charge in [0, 0.05) is 31.3 Å². The van der Waals surface area contributed by atoms with E-state index >= 15 is 0 Å². The lowest BCUT2D eigenvalue weighted by Gasteiger charge is -2.40. The van der Waals surface area contributed by atoms with Crippen LogP contribution in [-0.2, 0) is 19.4 Å². The predicted molar refractivity (Wildman–Crippen MR) is 89.8 cm³/mol. The number of rotatable bonds is 3. The molecule has 6 nitrogen and oxygen atoms in total.